The van der Waals surface area contributed by atoms with E-state index >= 15 is 0 Å². The third-order valence-corrected chi connectivity index (χ3v) is 3.57. The highest BCUT2D eigenvalue weighted by molar-refractivity contribution is 6.03. The summed E-state index contributed by atoms with van der Waals surface area (Å²) >= 11 is 0. The molecule has 0 aliphatic rings. The number of rotatable bonds is 6. The quantitative estimate of drug-likeness (QED) is 0.384. The van der Waals surface area contributed by atoms with Crippen molar-refractivity contribution in [3.8, 4) is 0 Å². The average molecular weight is 378 g/mol. The van der Waals surface area contributed by atoms with Crippen molar-refractivity contribution in [1.82, 2.24) is 14.9 Å². The maximum absolute atomic E-state index is 12.0. The van der Waals surface area contributed by atoms with Crippen molar-refractivity contribution in [1.29, 1.82) is 0 Å². The van der Waals surface area contributed by atoms with Crippen molar-refractivity contribution in [3.05, 3.63) is 88.5 Å². The van der Waals surface area contributed by atoms with Crippen molar-refractivity contribution >= 4 is 29.3 Å². The van der Waals surface area contributed by atoms with Crippen molar-refractivity contribution in [2.45, 2.75) is 0 Å². The summed E-state index contributed by atoms with van der Waals surface area (Å²) in [7, 11) is 0. The topological polar surface area (TPSA) is 132 Å². The number of hydrogen-bond donors (Lipinski definition) is 2. The first-order valence-electron chi connectivity index (χ1n) is 8.01. The molecule has 0 fully saturated rings. The highest BCUT2D eigenvalue weighted by Gasteiger charge is 2.07. The summed E-state index contributed by atoms with van der Waals surface area (Å²) in [5, 5.41) is 20.6. The van der Waals surface area contributed by atoms with Gasteiger partial charge in [0.2, 0.25) is 5.91 Å². The van der Waals surface area contributed by atoms with E-state index in [2.05, 4.69) is 20.9 Å². The molecule has 2 N–H and O–H groups in total. The standard InChI is InChI=1S/C18H14N6O4/c25-17(9-4-13-2-1-3-16(10-13)24(27)28)21-15-7-5-14(6-8-15)18(26)22-23-11-19-20-12-23/h1-12H,(H,21,25)(H,22,26)/b9-4+. The summed E-state index contributed by atoms with van der Waals surface area (Å²) < 4.78 is 1.32. The number of anilines is 1. The minimum absolute atomic E-state index is 0.0529. The molecule has 0 aliphatic carbocycles. The Kier molecular flexibility index (Phi) is 5.51. The van der Waals surface area contributed by atoms with Crippen LogP contribution in [0.1, 0.15) is 15.9 Å². The van der Waals surface area contributed by atoms with E-state index in [0.717, 1.165) is 0 Å². The first-order valence-corrected chi connectivity index (χ1v) is 8.01. The number of amides is 2. The van der Waals surface area contributed by atoms with E-state index in [1.807, 2.05) is 0 Å². The molecule has 3 aromatic rings. The van der Waals surface area contributed by atoms with E-state index in [-0.39, 0.29) is 11.6 Å². The highest BCUT2D eigenvalue weighted by Crippen LogP contribution is 2.14. The third kappa shape index (κ3) is 4.85. The Bertz CT molecular complexity index is 1030. The highest BCUT2D eigenvalue weighted by atomic mass is 16.6. The number of hydrogen-bond acceptors (Lipinski definition) is 6. The zero-order valence-electron chi connectivity index (χ0n) is 14.4. The Morgan fingerprint density at radius 2 is 1.79 bits per heavy atom. The molecule has 1 heterocycles. The molecular formula is C18H14N6O4. The number of benzene rings is 2. The van der Waals surface area contributed by atoms with Gasteiger partial charge in [0.05, 0.1) is 4.92 Å². The van der Waals surface area contributed by atoms with Crippen molar-refractivity contribution in [2.75, 3.05) is 10.7 Å². The summed E-state index contributed by atoms with van der Waals surface area (Å²) in [5.41, 5.74) is 3.92. The molecule has 0 atom stereocenters. The fraction of sp³-hybridized carbons (Fsp3) is 0. The van der Waals surface area contributed by atoms with Gasteiger partial charge in [-0.1, -0.05) is 12.1 Å². The molecule has 10 nitrogen and oxygen atoms in total. The molecule has 0 radical (unpaired) electrons. The Morgan fingerprint density at radius 3 is 2.46 bits per heavy atom. The zero-order chi connectivity index (χ0) is 19.9. The molecule has 140 valence electrons. The average Bonchev–Trinajstić information content (AvgIpc) is 3.20. The molecule has 3 rings (SSSR count). The molecular weight excluding hydrogens is 364 g/mol. The Balaban J connectivity index is 1.59. The van der Waals surface area contributed by atoms with Crippen LogP contribution in [-0.4, -0.2) is 31.6 Å². The molecule has 2 aromatic carbocycles. The van der Waals surface area contributed by atoms with Gasteiger partial charge in [-0.05, 0) is 35.9 Å². The maximum atomic E-state index is 12.0. The van der Waals surface area contributed by atoms with E-state index in [1.54, 1.807) is 36.4 Å². The second kappa shape index (κ2) is 8.36. The molecule has 2 amide bonds. The molecule has 28 heavy (non-hydrogen) atoms. The monoisotopic (exact) mass is 378 g/mol. The molecule has 0 bridgehead atoms. The van der Waals surface area contributed by atoms with Crippen molar-refractivity contribution < 1.29 is 14.5 Å². The van der Waals surface area contributed by atoms with E-state index < -0.39 is 10.8 Å². The van der Waals surface area contributed by atoms with Gasteiger partial charge in [-0.2, -0.15) is 0 Å². The SMILES string of the molecule is O=C(/C=C/c1cccc([N+](=O)[O-])c1)Nc1ccc(C(=O)Nn2cnnc2)cc1. The van der Waals surface area contributed by atoms with Gasteiger partial charge >= 0.3 is 0 Å². The van der Waals surface area contributed by atoms with Gasteiger partial charge in [-0.3, -0.25) is 25.1 Å². The summed E-state index contributed by atoms with van der Waals surface area (Å²) in [4.78, 5) is 34.3. The molecule has 0 spiro atoms. The molecule has 0 saturated carbocycles. The smallest absolute Gasteiger partial charge is 0.270 e. The van der Waals surface area contributed by atoms with Crippen LogP contribution in [0.5, 0.6) is 0 Å². The normalized spacial score (nSPS) is 10.6. The summed E-state index contributed by atoms with van der Waals surface area (Å²) in [6.07, 6.45) is 5.44. The Hall–Kier alpha value is -4.34. The number of nitro benzene ring substituents is 1. The van der Waals surface area contributed by atoms with Crippen LogP contribution in [0.4, 0.5) is 11.4 Å². The van der Waals surface area contributed by atoms with Crippen molar-refractivity contribution in [3.63, 3.8) is 0 Å². The van der Waals surface area contributed by atoms with Crippen LogP contribution in [0.2, 0.25) is 0 Å². The number of carbonyl (C=O) groups is 2. The fourth-order valence-electron chi connectivity index (χ4n) is 2.24. The predicted molar refractivity (Wildman–Crippen MR) is 101 cm³/mol. The van der Waals surface area contributed by atoms with Crippen LogP contribution in [0.15, 0.2) is 67.3 Å². The van der Waals surface area contributed by atoms with Gasteiger partial charge in [0, 0.05) is 29.5 Å². The van der Waals surface area contributed by atoms with Crippen LogP contribution in [-0.2, 0) is 4.79 Å². The molecule has 10 heteroatoms. The zero-order valence-corrected chi connectivity index (χ0v) is 14.4. The number of nitrogens with one attached hydrogen (secondary N) is 2. The van der Waals surface area contributed by atoms with E-state index in [4.69, 9.17) is 0 Å². The van der Waals surface area contributed by atoms with Crippen LogP contribution in [0.25, 0.3) is 6.08 Å². The maximum Gasteiger partial charge on any atom is 0.270 e. The van der Waals surface area contributed by atoms with Crippen LogP contribution in [0, 0.1) is 10.1 Å². The fourth-order valence-corrected chi connectivity index (χ4v) is 2.24. The Labute approximate surface area is 158 Å². The van der Waals surface area contributed by atoms with Crippen LogP contribution < -0.4 is 10.7 Å². The summed E-state index contributed by atoms with van der Waals surface area (Å²) in [6, 6.07) is 12.2. The lowest BCUT2D eigenvalue weighted by Gasteiger charge is -2.06. The number of aromatic nitrogens is 3. The van der Waals surface area contributed by atoms with Gasteiger partial charge in [-0.25, -0.2) is 4.68 Å². The number of nitrogens with zero attached hydrogens (tertiary/aromatic N) is 4. The van der Waals surface area contributed by atoms with Crippen molar-refractivity contribution in [2.24, 2.45) is 0 Å². The van der Waals surface area contributed by atoms with Gasteiger partial charge in [-0.15, -0.1) is 10.2 Å². The van der Waals surface area contributed by atoms with E-state index in [9.17, 15) is 19.7 Å². The molecule has 1 aromatic heterocycles. The minimum Gasteiger partial charge on any atom is -0.323 e. The predicted octanol–water partition coefficient (Wildman–Crippen LogP) is 2.22. The van der Waals surface area contributed by atoms with E-state index in [0.29, 0.717) is 16.8 Å². The third-order valence-electron chi connectivity index (χ3n) is 3.57. The summed E-state index contributed by atoms with van der Waals surface area (Å²) in [5.74, 6) is -0.767. The van der Waals surface area contributed by atoms with Crippen LogP contribution in [0.3, 0.4) is 0 Å². The lowest BCUT2D eigenvalue weighted by molar-refractivity contribution is -0.384. The molecule has 0 unspecified atom stereocenters. The minimum atomic E-state index is -0.502. The van der Waals surface area contributed by atoms with E-state index in [1.165, 1.54) is 41.6 Å². The lowest BCUT2D eigenvalue weighted by Crippen LogP contribution is -2.21. The lowest BCUT2D eigenvalue weighted by atomic mass is 10.2. The summed E-state index contributed by atoms with van der Waals surface area (Å²) in [6.45, 7) is 0. The first-order chi connectivity index (χ1) is 13.5. The number of non-ortho nitro benzene ring substituents is 1. The van der Waals surface area contributed by atoms with Crippen LogP contribution >= 0.6 is 0 Å². The van der Waals surface area contributed by atoms with Gasteiger partial charge in [0.1, 0.15) is 12.7 Å². The van der Waals surface area contributed by atoms with Gasteiger partial charge in [0.15, 0.2) is 0 Å². The Morgan fingerprint density at radius 1 is 1.07 bits per heavy atom. The number of carbonyl (C=O) groups excluding carboxylic acids is 2. The van der Waals surface area contributed by atoms with Gasteiger partial charge in [0.25, 0.3) is 11.6 Å². The second-order valence-electron chi connectivity index (χ2n) is 5.56. The largest absolute Gasteiger partial charge is 0.323 e. The molecule has 0 aliphatic heterocycles. The second-order valence-corrected chi connectivity index (χ2v) is 5.56. The van der Waals surface area contributed by atoms with Gasteiger partial charge < -0.3 is 5.32 Å². The molecule has 0 saturated heterocycles. The number of nitro groups is 1. The first kappa shape index (κ1) is 18.5.